The highest BCUT2D eigenvalue weighted by molar-refractivity contribution is 5.71. The van der Waals surface area contributed by atoms with Gasteiger partial charge in [0.25, 0.3) is 0 Å². The molecule has 2 N–H and O–H groups in total. The Kier molecular flexibility index (Phi) is 5.42. The van der Waals surface area contributed by atoms with Crippen LogP contribution in [0.1, 0.15) is 48.0 Å². The minimum Gasteiger partial charge on any atom is -0.460 e. The van der Waals surface area contributed by atoms with Crippen LogP contribution in [0.2, 0.25) is 0 Å². The zero-order valence-corrected chi connectivity index (χ0v) is 11.3. The molecule has 0 unspecified atom stereocenters. The fourth-order valence-electron chi connectivity index (χ4n) is 1.22. The van der Waals surface area contributed by atoms with Crippen LogP contribution in [0.3, 0.4) is 0 Å². The second-order valence-corrected chi connectivity index (χ2v) is 5.88. The number of hydrogen-bond donors (Lipinski definition) is 2. The van der Waals surface area contributed by atoms with Crippen molar-refractivity contribution in [2.24, 2.45) is 0 Å². The van der Waals surface area contributed by atoms with E-state index in [0.717, 1.165) is 0 Å². The largest absolute Gasteiger partial charge is 0.460 e. The fraction of sp³-hybridized carbons (Fsp3) is 0.917. The van der Waals surface area contributed by atoms with Crippen LogP contribution in [-0.4, -0.2) is 34.9 Å². The van der Waals surface area contributed by atoms with Gasteiger partial charge in [0.15, 0.2) is 0 Å². The molecular weight excluding hydrogens is 206 g/mol. The van der Waals surface area contributed by atoms with Gasteiger partial charge >= 0.3 is 5.97 Å². The molecule has 0 rings (SSSR count). The molecule has 0 spiro atoms. The number of carbonyl (C=O) groups is 1. The van der Waals surface area contributed by atoms with Gasteiger partial charge in [-0.2, -0.15) is 0 Å². The van der Waals surface area contributed by atoms with Crippen LogP contribution in [0.25, 0.3) is 0 Å². The van der Waals surface area contributed by atoms with Gasteiger partial charge in [0.1, 0.15) is 5.60 Å². The molecule has 1 atom stereocenters. The van der Waals surface area contributed by atoms with Crippen LogP contribution in [0, 0.1) is 0 Å². The van der Waals surface area contributed by atoms with E-state index in [9.17, 15) is 4.79 Å². The predicted molar refractivity (Wildman–Crippen MR) is 64.2 cm³/mol. The van der Waals surface area contributed by atoms with Crippen LogP contribution in [0.15, 0.2) is 0 Å². The summed E-state index contributed by atoms with van der Waals surface area (Å²) in [6.07, 6.45) is -0.130. The summed E-state index contributed by atoms with van der Waals surface area (Å²) in [7, 11) is 0. The number of esters is 1. The molecule has 0 bridgehead atoms. The molecule has 0 fully saturated rings. The standard InChI is InChI=1S/C12H25NO3/c1-9(14)8-13-12(5,6)7-10(15)16-11(2,3)4/h9,13-14H,7-8H2,1-6H3/t9-/m1/s1. The molecule has 0 aromatic heterocycles. The van der Waals surface area contributed by atoms with E-state index in [4.69, 9.17) is 9.84 Å². The number of aliphatic hydroxyl groups is 1. The van der Waals surface area contributed by atoms with Gasteiger partial charge in [-0.05, 0) is 41.5 Å². The number of carbonyl (C=O) groups excluding carboxylic acids is 1. The fourth-order valence-corrected chi connectivity index (χ4v) is 1.22. The SMILES string of the molecule is C[C@@H](O)CNC(C)(C)CC(=O)OC(C)(C)C. The molecule has 4 heteroatoms. The van der Waals surface area contributed by atoms with Crippen molar-refractivity contribution in [3.63, 3.8) is 0 Å². The normalized spacial score (nSPS) is 14.7. The van der Waals surface area contributed by atoms with Crippen molar-refractivity contribution in [2.45, 2.75) is 65.2 Å². The van der Waals surface area contributed by atoms with Crippen LogP contribution in [-0.2, 0) is 9.53 Å². The van der Waals surface area contributed by atoms with Gasteiger partial charge in [0, 0.05) is 12.1 Å². The maximum absolute atomic E-state index is 11.6. The third-order valence-corrected chi connectivity index (χ3v) is 1.88. The van der Waals surface area contributed by atoms with E-state index >= 15 is 0 Å². The molecule has 0 aromatic rings. The lowest BCUT2D eigenvalue weighted by Gasteiger charge is -2.28. The van der Waals surface area contributed by atoms with Crippen molar-refractivity contribution in [1.82, 2.24) is 5.32 Å². The van der Waals surface area contributed by atoms with Crippen LogP contribution >= 0.6 is 0 Å². The monoisotopic (exact) mass is 231 g/mol. The first-order chi connectivity index (χ1) is 7.02. The average molecular weight is 231 g/mol. The van der Waals surface area contributed by atoms with Crippen LogP contribution in [0.4, 0.5) is 0 Å². The van der Waals surface area contributed by atoms with Gasteiger partial charge in [-0.3, -0.25) is 4.79 Å². The lowest BCUT2D eigenvalue weighted by atomic mass is 10.0. The van der Waals surface area contributed by atoms with Crippen molar-refractivity contribution in [1.29, 1.82) is 0 Å². The molecule has 0 amide bonds. The Morgan fingerprint density at radius 3 is 2.19 bits per heavy atom. The molecule has 0 aliphatic heterocycles. The van der Waals surface area contributed by atoms with Crippen molar-refractivity contribution < 1.29 is 14.6 Å². The maximum Gasteiger partial charge on any atom is 0.308 e. The quantitative estimate of drug-likeness (QED) is 0.703. The zero-order chi connectivity index (χ0) is 13.0. The topological polar surface area (TPSA) is 58.6 Å². The minimum absolute atomic E-state index is 0.226. The summed E-state index contributed by atoms with van der Waals surface area (Å²) in [5.74, 6) is -0.226. The number of rotatable bonds is 5. The summed E-state index contributed by atoms with van der Waals surface area (Å²) < 4.78 is 5.24. The highest BCUT2D eigenvalue weighted by Crippen LogP contribution is 2.14. The molecule has 4 nitrogen and oxygen atoms in total. The lowest BCUT2D eigenvalue weighted by molar-refractivity contribution is -0.156. The van der Waals surface area contributed by atoms with Crippen LogP contribution in [0.5, 0.6) is 0 Å². The summed E-state index contributed by atoms with van der Waals surface area (Å²) in [6.45, 7) is 11.5. The van der Waals surface area contributed by atoms with Crippen molar-refractivity contribution >= 4 is 5.97 Å². The summed E-state index contributed by atoms with van der Waals surface area (Å²) in [5, 5.41) is 12.3. The van der Waals surface area contributed by atoms with E-state index in [1.54, 1.807) is 6.92 Å². The predicted octanol–water partition coefficient (Wildman–Crippen LogP) is 1.47. The molecule has 0 radical (unpaired) electrons. The smallest absolute Gasteiger partial charge is 0.308 e. The van der Waals surface area contributed by atoms with E-state index in [-0.39, 0.29) is 17.9 Å². The maximum atomic E-state index is 11.6. The lowest BCUT2D eigenvalue weighted by Crippen LogP contribution is -2.45. The van der Waals surface area contributed by atoms with Crippen molar-refractivity contribution in [2.75, 3.05) is 6.54 Å². The number of ether oxygens (including phenoxy) is 1. The Morgan fingerprint density at radius 2 is 1.81 bits per heavy atom. The minimum atomic E-state index is -0.447. The highest BCUT2D eigenvalue weighted by Gasteiger charge is 2.25. The Labute approximate surface area is 98.4 Å². The van der Waals surface area contributed by atoms with Gasteiger partial charge in [0.2, 0.25) is 0 Å². The Bertz CT molecular complexity index is 229. The summed E-state index contributed by atoms with van der Waals surface area (Å²) in [4.78, 5) is 11.6. The molecule has 96 valence electrons. The first kappa shape index (κ1) is 15.4. The average Bonchev–Trinajstić information content (AvgIpc) is 1.95. The number of β-amino-alcohol motifs (C(OH)–C–C–N with tert-alkyl or cyclic N) is 1. The van der Waals surface area contributed by atoms with Crippen molar-refractivity contribution in [3.8, 4) is 0 Å². The molecule has 0 aliphatic carbocycles. The summed E-state index contributed by atoms with van der Waals surface area (Å²) >= 11 is 0. The highest BCUT2D eigenvalue weighted by atomic mass is 16.6. The molecule has 0 aliphatic rings. The Morgan fingerprint density at radius 1 is 1.31 bits per heavy atom. The summed E-state index contributed by atoms with van der Waals surface area (Å²) in [6, 6.07) is 0. The second-order valence-electron chi connectivity index (χ2n) is 5.88. The third kappa shape index (κ3) is 8.68. The Balaban J connectivity index is 4.10. The number of aliphatic hydroxyl groups excluding tert-OH is 1. The number of nitrogens with one attached hydrogen (secondary N) is 1. The molecule has 0 heterocycles. The molecular formula is C12H25NO3. The van der Waals surface area contributed by atoms with Gasteiger partial charge in [-0.25, -0.2) is 0 Å². The van der Waals surface area contributed by atoms with Crippen LogP contribution < -0.4 is 5.32 Å². The summed E-state index contributed by atoms with van der Waals surface area (Å²) in [5.41, 5.74) is -0.809. The van der Waals surface area contributed by atoms with E-state index < -0.39 is 11.7 Å². The molecule has 0 aromatic carbocycles. The third-order valence-electron chi connectivity index (χ3n) is 1.88. The van der Waals surface area contributed by atoms with Gasteiger partial charge in [-0.15, -0.1) is 0 Å². The van der Waals surface area contributed by atoms with Gasteiger partial charge in [-0.1, -0.05) is 0 Å². The first-order valence-corrected chi connectivity index (χ1v) is 5.67. The van der Waals surface area contributed by atoms with E-state index in [1.807, 2.05) is 34.6 Å². The first-order valence-electron chi connectivity index (χ1n) is 5.67. The van der Waals surface area contributed by atoms with E-state index in [0.29, 0.717) is 6.54 Å². The molecule has 16 heavy (non-hydrogen) atoms. The van der Waals surface area contributed by atoms with Gasteiger partial charge < -0.3 is 15.2 Å². The van der Waals surface area contributed by atoms with E-state index in [2.05, 4.69) is 5.32 Å². The molecule has 0 saturated heterocycles. The van der Waals surface area contributed by atoms with Gasteiger partial charge in [0.05, 0.1) is 12.5 Å². The molecule has 0 saturated carbocycles. The van der Waals surface area contributed by atoms with Crippen molar-refractivity contribution in [3.05, 3.63) is 0 Å². The second kappa shape index (κ2) is 5.64. The zero-order valence-electron chi connectivity index (χ0n) is 11.3. The van der Waals surface area contributed by atoms with E-state index in [1.165, 1.54) is 0 Å². The number of hydrogen-bond acceptors (Lipinski definition) is 4. The Hall–Kier alpha value is -0.610.